The molecule has 0 radical (unpaired) electrons. The van der Waals surface area contributed by atoms with Gasteiger partial charge in [-0.05, 0) is 51.1 Å². The molecule has 2 rings (SSSR count). The third kappa shape index (κ3) is 3.93. The molecule has 4 heteroatoms. The lowest BCUT2D eigenvalue weighted by atomic mass is 9.78. The number of hydrogen-bond acceptors (Lipinski definition) is 3. The van der Waals surface area contributed by atoms with Gasteiger partial charge in [-0.15, -0.1) is 0 Å². The highest BCUT2D eigenvalue weighted by Gasteiger charge is 2.33. The van der Waals surface area contributed by atoms with Gasteiger partial charge in [0.2, 0.25) is 5.91 Å². The Kier molecular flexibility index (Phi) is 5.22. The number of hydrogen-bond donors (Lipinski definition) is 1. The van der Waals surface area contributed by atoms with Gasteiger partial charge >= 0.3 is 0 Å². The van der Waals surface area contributed by atoms with Crippen molar-refractivity contribution in [2.45, 2.75) is 45.1 Å². The molecule has 1 aliphatic carbocycles. The lowest BCUT2D eigenvalue weighted by molar-refractivity contribution is -0.136. The van der Waals surface area contributed by atoms with E-state index in [9.17, 15) is 4.79 Å². The Hall–Kier alpha value is -0.610. The Morgan fingerprint density at radius 2 is 2.00 bits per heavy atom. The smallest absolute Gasteiger partial charge is 0.227 e. The van der Waals surface area contributed by atoms with Crippen LogP contribution in [-0.2, 0) is 4.79 Å². The second kappa shape index (κ2) is 6.71. The molecule has 1 saturated carbocycles. The number of carbonyl (C=O) groups is 1. The fraction of sp³-hybridized carbons (Fsp3) is 0.933. The Labute approximate surface area is 117 Å². The van der Waals surface area contributed by atoms with Crippen LogP contribution in [0, 0.1) is 11.8 Å². The number of carbonyl (C=O) groups excluding carboxylic acids is 1. The van der Waals surface area contributed by atoms with E-state index in [4.69, 9.17) is 5.73 Å². The molecule has 110 valence electrons. The molecule has 3 unspecified atom stereocenters. The monoisotopic (exact) mass is 267 g/mol. The van der Waals surface area contributed by atoms with E-state index in [0.29, 0.717) is 5.92 Å². The Balaban J connectivity index is 1.79. The van der Waals surface area contributed by atoms with E-state index in [-0.39, 0.29) is 17.9 Å². The van der Waals surface area contributed by atoms with Gasteiger partial charge < -0.3 is 15.5 Å². The van der Waals surface area contributed by atoms with E-state index in [2.05, 4.69) is 11.8 Å². The van der Waals surface area contributed by atoms with Crippen molar-refractivity contribution in [1.29, 1.82) is 0 Å². The maximum atomic E-state index is 12.5. The molecule has 1 amide bonds. The Bertz CT molecular complexity index is 302. The minimum Gasteiger partial charge on any atom is -0.344 e. The molecule has 0 aromatic carbocycles. The molecule has 0 bridgehead atoms. The molecule has 2 aliphatic rings. The summed E-state index contributed by atoms with van der Waals surface area (Å²) in [5.74, 6) is 0.950. The van der Waals surface area contributed by atoms with E-state index in [1.807, 2.05) is 11.9 Å². The van der Waals surface area contributed by atoms with Crippen molar-refractivity contribution in [3.05, 3.63) is 0 Å². The van der Waals surface area contributed by atoms with Crippen LogP contribution in [0.3, 0.4) is 0 Å². The van der Waals surface area contributed by atoms with Crippen molar-refractivity contribution in [3.63, 3.8) is 0 Å². The summed E-state index contributed by atoms with van der Waals surface area (Å²) in [5.41, 5.74) is 6.14. The number of rotatable bonds is 4. The molecule has 19 heavy (non-hydrogen) atoms. The highest BCUT2D eigenvalue weighted by Crippen LogP contribution is 2.29. The molecule has 2 N–H and O–H groups in total. The first-order valence-corrected chi connectivity index (χ1v) is 7.81. The van der Waals surface area contributed by atoms with E-state index in [0.717, 1.165) is 25.9 Å². The lowest BCUT2D eigenvalue weighted by Gasteiger charge is -2.34. The van der Waals surface area contributed by atoms with E-state index in [1.54, 1.807) is 0 Å². The van der Waals surface area contributed by atoms with Crippen molar-refractivity contribution in [2.24, 2.45) is 17.6 Å². The van der Waals surface area contributed by atoms with Crippen LogP contribution in [-0.4, -0.2) is 55.0 Å². The molecule has 0 aromatic rings. The zero-order valence-electron chi connectivity index (χ0n) is 12.5. The Morgan fingerprint density at radius 3 is 2.68 bits per heavy atom. The zero-order chi connectivity index (χ0) is 13.8. The predicted molar refractivity (Wildman–Crippen MR) is 77.8 cm³/mol. The fourth-order valence-corrected chi connectivity index (χ4v) is 3.38. The molecular weight excluding hydrogens is 238 g/mol. The average Bonchev–Trinajstić information content (AvgIpc) is 2.91. The van der Waals surface area contributed by atoms with Crippen LogP contribution < -0.4 is 5.73 Å². The number of likely N-dealkylation sites (N-methyl/N-ethyl adjacent to an activating group) is 1. The molecule has 1 aliphatic heterocycles. The van der Waals surface area contributed by atoms with Gasteiger partial charge in [0.1, 0.15) is 0 Å². The van der Waals surface area contributed by atoms with Gasteiger partial charge in [0.25, 0.3) is 0 Å². The first-order valence-electron chi connectivity index (χ1n) is 7.81. The summed E-state index contributed by atoms with van der Waals surface area (Å²) in [6.45, 7) is 6.48. The van der Waals surface area contributed by atoms with Gasteiger partial charge in [-0.1, -0.05) is 6.92 Å². The number of likely N-dealkylation sites (tertiary alicyclic amines) is 1. The molecule has 4 nitrogen and oxygen atoms in total. The molecule has 0 aromatic heterocycles. The minimum atomic E-state index is 0.0485. The first-order chi connectivity index (χ1) is 9.08. The molecule has 1 heterocycles. The van der Waals surface area contributed by atoms with Gasteiger partial charge in [-0.3, -0.25) is 4.79 Å². The summed E-state index contributed by atoms with van der Waals surface area (Å²) in [6, 6.07) is 0.0675. The SMILES string of the molecule is CC1CCC(N)C(C(=O)N(C)CCN2CCCC2)C1. The third-order valence-corrected chi connectivity index (χ3v) is 4.81. The first kappa shape index (κ1) is 14.8. The van der Waals surface area contributed by atoms with E-state index < -0.39 is 0 Å². The van der Waals surface area contributed by atoms with Gasteiger partial charge in [-0.2, -0.15) is 0 Å². The summed E-state index contributed by atoms with van der Waals surface area (Å²) in [4.78, 5) is 16.8. The standard InChI is InChI=1S/C15H29N3O/c1-12-5-6-14(16)13(11-12)15(19)17(2)9-10-18-7-3-4-8-18/h12-14H,3-11,16H2,1-2H3. The zero-order valence-corrected chi connectivity index (χ0v) is 12.5. The maximum absolute atomic E-state index is 12.5. The maximum Gasteiger partial charge on any atom is 0.227 e. The summed E-state index contributed by atoms with van der Waals surface area (Å²) >= 11 is 0. The second-order valence-corrected chi connectivity index (χ2v) is 6.50. The van der Waals surface area contributed by atoms with Gasteiger partial charge in [-0.25, -0.2) is 0 Å². The van der Waals surface area contributed by atoms with Gasteiger partial charge in [0, 0.05) is 26.2 Å². The molecule has 3 atom stereocenters. The van der Waals surface area contributed by atoms with Crippen LogP contribution in [0.15, 0.2) is 0 Å². The van der Waals surface area contributed by atoms with Gasteiger partial charge in [0.05, 0.1) is 5.92 Å². The summed E-state index contributed by atoms with van der Waals surface area (Å²) in [6.07, 6.45) is 5.75. The normalized spacial score (nSPS) is 32.5. The van der Waals surface area contributed by atoms with E-state index in [1.165, 1.54) is 32.4 Å². The summed E-state index contributed by atoms with van der Waals surface area (Å²) in [5, 5.41) is 0. The number of nitrogens with zero attached hydrogens (tertiary/aromatic N) is 2. The molecule has 1 saturated heterocycles. The van der Waals surface area contributed by atoms with Crippen LogP contribution in [0.5, 0.6) is 0 Å². The third-order valence-electron chi connectivity index (χ3n) is 4.81. The molecular formula is C15H29N3O. The summed E-state index contributed by atoms with van der Waals surface area (Å²) < 4.78 is 0. The lowest BCUT2D eigenvalue weighted by Crippen LogP contribution is -2.47. The van der Waals surface area contributed by atoms with Crippen molar-refractivity contribution >= 4 is 5.91 Å². The number of amides is 1. The van der Waals surface area contributed by atoms with Crippen LogP contribution in [0.25, 0.3) is 0 Å². The topological polar surface area (TPSA) is 49.6 Å². The summed E-state index contributed by atoms with van der Waals surface area (Å²) in [7, 11) is 1.93. The van der Waals surface area contributed by atoms with Crippen LogP contribution >= 0.6 is 0 Å². The molecule has 0 spiro atoms. The van der Waals surface area contributed by atoms with Crippen molar-refractivity contribution in [1.82, 2.24) is 9.80 Å². The fourth-order valence-electron chi connectivity index (χ4n) is 3.38. The van der Waals surface area contributed by atoms with Crippen LogP contribution in [0.2, 0.25) is 0 Å². The van der Waals surface area contributed by atoms with Crippen molar-refractivity contribution < 1.29 is 4.79 Å². The van der Waals surface area contributed by atoms with E-state index >= 15 is 0 Å². The van der Waals surface area contributed by atoms with Crippen molar-refractivity contribution in [3.8, 4) is 0 Å². The number of nitrogens with two attached hydrogens (primary N) is 1. The van der Waals surface area contributed by atoms with Crippen LogP contribution in [0.1, 0.15) is 39.0 Å². The second-order valence-electron chi connectivity index (χ2n) is 6.50. The minimum absolute atomic E-state index is 0.0485. The largest absolute Gasteiger partial charge is 0.344 e. The molecule has 2 fully saturated rings. The highest BCUT2D eigenvalue weighted by atomic mass is 16.2. The average molecular weight is 267 g/mol. The highest BCUT2D eigenvalue weighted by molar-refractivity contribution is 5.79. The van der Waals surface area contributed by atoms with Gasteiger partial charge in [0.15, 0.2) is 0 Å². The van der Waals surface area contributed by atoms with Crippen molar-refractivity contribution in [2.75, 3.05) is 33.2 Å². The Morgan fingerprint density at radius 1 is 1.32 bits per heavy atom. The predicted octanol–water partition coefficient (Wildman–Crippen LogP) is 1.30. The quantitative estimate of drug-likeness (QED) is 0.835. The van der Waals surface area contributed by atoms with Crippen LogP contribution in [0.4, 0.5) is 0 Å².